The summed E-state index contributed by atoms with van der Waals surface area (Å²) >= 11 is 0. The molecule has 2 aromatic rings. The minimum absolute atomic E-state index is 0.952. The van der Waals surface area contributed by atoms with Crippen LogP contribution in [0.2, 0.25) is 0 Å². The Labute approximate surface area is 114 Å². The summed E-state index contributed by atoms with van der Waals surface area (Å²) in [6.07, 6.45) is 6.66. The van der Waals surface area contributed by atoms with Crippen LogP contribution in [0.1, 0.15) is 20.3 Å². The van der Waals surface area contributed by atoms with Crippen molar-refractivity contribution in [1.82, 2.24) is 14.9 Å². The van der Waals surface area contributed by atoms with E-state index in [-0.39, 0.29) is 0 Å². The first kappa shape index (κ1) is 13.7. The second-order valence-corrected chi connectivity index (χ2v) is 4.57. The van der Waals surface area contributed by atoms with Crippen LogP contribution in [0.4, 0.5) is 5.69 Å². The van der Waals surface area contributed by atoms with Gasteiger partial charge in [-0.25, -0.2) is 0 Å². The summed E-state index contributed by atoms with van der Waals surface area (Å²) < 4.78 is 0. The van der Waals surface area contributed by atoms with Crippen molar-refractivity contribution >= 4 is 16.6 Å². The van der Waals surface area contributed by atoms with E-state index >= 15 is 0 Å². The maximum Gasteiger partial charge on any atom is 0.0964 e. The van der Waals surface area contributed by atoms with Gasteiger partial charge in [-0.3, -0.25) is 9.97 Å². The molecular weight excluding hydrogens is 236 g/mol. The molecule has 0 atom stereocenters. The van der Waals surface area contributed by atoms with Gasteiger partial charge in [-0.2, -0.15) is 0 Å². The highest BCUT2D eigenvalue weighted by atomic mass is 15.1. The molecule has 2 rings (SSSR count). The third-order valence-corrected chi connectivity index (χ3v) is 3.37. The van der Waals surface area contributed by atoms with Gasteiger partial charge in [-0.05, 0) is 38.2 Å². The first-order valence-electron chi connectivity index (χ1n) is 7.00. The zero-order chi connectivity index (χ0) is 13.5. The minimum atomic E-state index is 0.952. The Morgan fingerprint density at radius 1 is 1.21 bits per heavy atom. The smallest absolute Gasteiger partial charge is 0.0964 e. The van der Waals surface area contributed by atoms with Crippen molar-refractivity contribution < 1.29 is 0 Å². The summed E-state index contributed by atoms with van der Waals surface area (Å²) in [5.74, 6) is 0. The number of rotatable bonds is 7. The molecule has 0 aliphatic heterocycles. The number of fused-ring (bicyclic) bond motifs is 1. The van der Waals surface area contributed by atoms with Crippen LogP contribution in [0.3, 0.4) is 0 Å². The third-order valence-electron chi connectivity index (χ3n) is 3.37. The number of pyridine rings is 2. The van der Waals surface area contributed by atoms with E-state index < -0.39 is 0 Å². The van der Waals surface area contributed by atoms with Gasteiger partial charge in [0, 0.05) is 24.3 Å². The molecule has 0 saturated heterocycles. The first-order chi connectivity index (χ1) is 9.35. The molecule has 0 bridgehead atoms. The average Bonchev–Trinajstić information content (AvgIpc) is 2.47. The van der Waals surface area contributed by atoms with Gasteiger partial charge in [-0.15, -0.1) is 0 Å². The summed E-state index contributed by atoms with van der Waals surface area (Å²) in [7, 11) is 0. The molecule has 1 N–H and O–H groups in total. The summed E-state index contributed by atoms with van der Waals surface area (Å²) in [4.78, 5) is 11.1. The van der Waals surface area contributed by atoms with E-state index in [0.717, 1.165) is 49.2 Å². The van der Waals surface area contributed by atoms with Crippen molar-refractivity contribution in [3.63, 3.8) is 0 Å². The Morgan fingerprint density at radius 3 is 2.84 bits per heavy atom. The Kier molecular flexibility index (Phi) is 5.10. The lowest BCUT2D eigenvalue weighted by atomic mass is 10.2. The average molecular weight is 258 g/mol. The van der Waals surface area contributed by atoms with Crippen molar-refractivity contribution in [2.45, 2.75) is 20.3 Å². The maximum absolute atomic E-state index is 4.41. The normalized spacial score (nSPS) is 11.1. The van der Waals surface area contributed by atoms with Crippen LogP contribution in [0.5, 0.6) is 0 Å². The highest BCUT2D eigenvalue weighted by Crippen LogP contribution is 2.18. The Balaban J connectivity index is 1.91. The molecule has 0 aromatic carbocycles. The molecule has 0 radical (unpaired) electrons. The van der Waals surface area contributed by atoms with Gasteiger partial charge in [-0.1, -0.05) is 13.8 Å². The van der Waals surface area contributed by atoms with Gasteiger partial charge in [0.05, 0.1) is 17.4 Å². The number of hydrogen-bond acceptors (Lipinski definition) is 4. The molecule has 0 fully saturated rings. The zero-order valence-electron chi connectivity index (χ0n) is 11.8. The fourth-order valence-corrected chi connectivity index (χ4v) is 2.20. The van der Waals surface area contributed by atoms with Crippen LogP contribution in [0.15, 0.2) is 30.7 Å². The molecule has 0 aliphatic carbocycles. The molecular formula is C15H22N4. The highest BCUT2D eigenvalue weighted by molar-refractivity contribution is 5.88. The molecule has 0 spiro atoms. The van der Waals surface area contributed by atoms with Gasteiger partial charge in [0.1, 0.15) is 0 Å². The van der Waals surface area contributed by atoms with E-state index in [2.05, 4.69) is 34.0 Å². The van der Waals surface area contributed by atoms with E-state index in [0.29, 0.717) is 0 Å². The van der Waals surface area contributed by atoms with Crippen molar-refractivity contribution in [2.75, 3.05) is 31.5 Å². The fraction of sp³-hybridized carbons (Fsp3) is 0.467. The van der Waals surface area contributed by atoms with Gasteiger partial charge < -0.3 is 10.2 Å². The molecule has 19 heavy (non-hydrogen) atoms. The topological polar surface area (TPSA) is 41.0 Å². The van der Waals surface area contributed by atoms with Crippen LogP contribution in [-0.2, 0) is 0 Å². The quantitative estimate of drug-likeness (QED) is 0.775. The zero-order valence-corrected chi connectivity index (χ0v) is 11.8. The lowest BCUT2D eigenvalue weighted by Gasteiger charge is -2.18. The molecule has 102 valence electrons. The number of nitrogens with zero attached hydrogens (tertiary/aromatic N) is 3. The van der Waals surface area contributed by atoms with Crippen molar-refractivity contribution in [3.8, 4) is 0 Å². The monoisotopic (exact) mass is 258 g/mol. The van der Waals surface area contributed by atoms with Gasteiger partial charge in [0.2, 0.25) is 0 Å². The summed E-state index contributed by atoms with van der Waals surface area (Å²) in [6, 6.07) is 3.98. The lowest BCUT2D eigenvalue weighted by Crippen LogP contribution is -2.25. The second kappa shape index (κ2) is 7.04. The van der Waals surface area contributed by atoms with E-state index in [4.69, 9.17) is 0 Å². The van der Waals surface area contributed by atoms with Crippen LogP contribution in [-0.4, -0.2) is 41.0 Å². The maximum atomic E-state index is 4.41. The van der Waals surface area contributed by atoms with Crippen LogP contribution in [0.25, 0.3) is 10.9 Å². The Hall–Kier alpha value is -1.68. The molecule has 4 heteroatoms. The number of aromatic nitrogens is 2. The van der Waals surface area contributed by atoms with Crippen molar-refractivity contribution in [2.24, 2.45) is 0 Å². The molecule has 0 saturated carbocycles. The number of anilines is 1. The van der Waals surface area contributed by atoms with Crippen LogP contribution >= 0.6 is 0 Å². The summed E-state index contributed by atoms with van der Waals surface area (Å²) in [5.41, 5.74) is 2.03. The molecule has 0 aliphatic rings. The standard InChI is InChI=1S/C15H22N4/c1-3-19(4-2)10-6-9-17-14-12-16-11-13-7-5-8-18-15(13)14/h5,7-8,11-12,17H,3-4,6,9-10H2,1-2H3. The second-order valence-electron chi connectivity index (χ2n) is 4.57. The van der Waals surface area contributed by atoms with Gasteiger partial charge in [0.15, 0.2) is 0 Å². The van der Waals surface area contributed by atoms with Crippen LogP contribution in [0, 0.1) is 0 Å². The number of hydrogen-bond donors (Lipinski definition) is 1. The first-order valence-corrected chi connectivity index (χ1v) is 7.00. The molecule has 0 unspecified atom stereocenters. The van der Waals surface area contributed by atoms with Crippen molar-refractivity contribution in [3.05, 3.63) is 30.7 Å². The molecule has 0 amide bonds. The highest BCUT2D eigenvalue weighted by Gasteiger charge is 2.02. The van der Waals surface area contributed by atoms with Gasteiger partial charge in [0.25, 0.3) is 0 Å². The minimum Gasteiger partial charge on any atom is -0.382 e. The predicted molar refractivity (Wildman–Crippen MR) is 80.4 cm³/mol. The predicted octanol–water partition coefficient (Wildman–Crippen LogP) is 2.77. The fourth-order valence-electron chi connectivity index (χ4n) is 2.20. The summed E-state index contributed by atoms with van der Waals surface area (Å²) in [6.45, 7) is 8.73. The van der Waals surface area contributed by atoms with E-state index in [1.165, 1.54) is 0 Å². The van der Waals surface area contributed by atoms with E-state index in [1.807, 2.05) is 30.7 Å². The molecule has 2 aromatic heterocycles. The van der Waals surface area contributed by atoms with Crippen LogP contribution < -0.4 is 5.32 Å². The van der Waals surface area contributed by atoms with E-state index in [9.17, 15) is 0 Å². The largest absolute Gasteiger partial charge is 0.382 e. The van der Waals surface area contributed by atoms with Gasteiger partial charge >= 0.3 is 0 Å². The van der Waals surface area contributed by atoms with Crippen molar-refractivity contribution in [1.29, 1.82) is 0 Å². The molecule has 2 heterocycles. The Morgan fingerprint density at radius 2 is 2.05 bits per heavy atom. The Bertz CT molecular complexity index is 503. The summed E-state index contributed by atoms with van der Waals surface area (Å²) in [5, 5.41) is 4.52. The third kappa shape index (κ3) is 3.64. The SMILES string of the molecule is CCN(CC)CCCNc1cncc2cccnc12. The van der Waals surface area contributed by atoms with E-state index in [1.54, 1.807) is 0 Å². The number of nitrogens with one attached hydrogen (secondary N) is 1. The molecule has 4 nitrogen and oxygen atoms in total. The lowest BCUT2D eigenvalue weighted by molar-refractivity contribution is 0.303.